The van der Waals surface area contributed by atoms with Gasteiger partial charge < -0.3 is 0 Å². The van der Waals surface area contributed by atoms with Gasteiger partial charge in [-0.25, -0.2) is 0 Å². The standard InChI is InChI=1S/C12H16N2/c1-9-3-2-4-10(5-9)11-6-12(7-11,8-11)14-13/h2-5,14H,6-8,13H2,1H3. The Hall–Kier alpha value is -0.860. The van der Waals surface area contributed by atoms with Gasteiger partial charge in [0.1, 0.15) is 0 Å². The molecule has 2 nitrogen and oxygen atoms in total. The molecule has 2 bridgehead atoms. The molecular weight excluding hydrogens is 172 g/mol. The minimum absolute atomic E-state index is 0.295. The summed E-state index contributed by atoms with van der Waals surface area (Å²) in [6.45, 7) is 2.16. The van der Waals surface area contributed by atoms with E-state index in [2.05, 4.69) is 36.6 Å². The predicted octanol–water partition coefficient (Wildman–Crippen LogP) is 1.63. The van der Waals surface area contributed by atoms with Crippen LogP contribution in [0.2, 0.25) is 0 Å². The molecule has 1 aromatic carbocycles. The number of aryl methyl sites for hydroxylation is 1. The SMILES string of the molecule is Cc1cccc(C23CC(NN)(C2)C3)c1. The van der Waals surface area contributed by atoms with Crippen molar-refractivity contribution in [3.63, 3.8) is 0 Å². The van der Waals surface area contributed by atoms with E-state index in [1.165, 1.54) is 30.4 Å². The number of hydrogen-bond donors (Lipinski definition) is 2. The molecule has 2 heteroatoms. The highest BCUT2D eigenvalue weighted by molar-refractivity contribution is 5.42. The van der Waals surface area contributed by atoms with Gasteiger partial charge in [0.15, 0.2) is 0 Å². The smallest absolute Gasteiger partial charge is 0.0346 e. The number of nitrogens with one attached hydrogen (secondary N) is 1. The van der Waals surface area contributed by atoms with Crippen molar-refractivity contribution in [3.05, 3.63) is 35.4 Å². The molecule has 0 aliphatic heterocycles. The van der Waals surface area contributed by atoms with Crippen LogP contribution in [-0.2, 0) is 5.41 Å². The molecule has 0 spiro atoms. The van der Waals surface area contributed by atoms with Gasteiger partial charge in [-0.2, -0.15) is 0 Å². The number of hydrazine groups is 1. The van der Waals surface area contributed by atoms with E-state index in [-0.39, 0.29) is 0 Å². The fraction of sp³-hybridized carbons (Fsp3) is 0.500. The highest BCUT2D eigenvalue weighted by Gasteiger charge is 2.67. The quantitative estimate of drug-likeness (QED) is 0.547. The van der Waals surface area contributed by atoms with Crippen molar-refractivity contribution in [1.82, 2.24) is 5.43 Å². The molecule has 3 fully saturated rings. The lowest BCUT2D eigenvalue weighted by molar-refractivity contribution is -0.0882. The van der Waals surface area contributed by atoms with Gasteiger partial charge in [-0.15, -0.1) is 0 Å². The van der Waals surface area contributed by atoms with Crippen LogP contribution in [0.4, 0.5) is 0 Å². The zero-order chi connectivity index (χ0) is 9.81. The van der Waals surface area contributed by atoms with Crippen LogP contribution in [0.25, 0.3) is 0 Å². The Morgan fingerprint density at radius 1 is 1.29 bits per heavy atom. The van der Waals surface area contributed by atoms with Gasteiger partial charge in [0, 0.05) is 11.0 Å². The first-order chi connectivity index (χ1) is 6.68. The van der Waals surface area contributed by atoms with E-state index in [0.29, 0.717) is 11.0 Å². The van der Waals surface area contributed by atoms with Crippen LogP contribution < -0.4 is 11.3 Å². The van der Waals surface area contributed by atoms with E-state index in [1.807, 2.05) is 0 Å². The number of nitrogens with two attached hydrogens (primary N) is 1. The molecule has 3 aliphatic carbocycles. The Bertz CT molecular complexity index is 364. The molecule has 14 heavy (non-hydrogen) atoms. The molecule has 74 valence electrons. The first kappa shape index (κ1) is 8.45. The zero-order valence-electron chi connectivity index (χ0n) is 8.51. The largest absolute Gasteiger partial charge is 0.271 e. The minimum Gasteiger partial charge on any atom is -0.271 e. The lowest BCUT2D eigenvalue weighted by Gasteiger charge is -2.70. The van der Waals surface area contributed by atoms with Gasteiger partial charge in [-0.1, -0.05) is 29.8 Å². The molecule has 0 atom stereocenters. The summed E-state index contributed by atoms with van der Waals surface area (Å²) in [5.41, 5.74) is 6.59. The van der Waals surface area contributed by atoms with Crippen LogP contribution in [0.3, 0.4) is 0 Å². The van der Waals surface area contributed by atoms with Crippen molar-refractivity contribution < 1.29 is 0 Å². The van der Waals surface area contributed by atoms with Crippen molar-refractivity contribution in [1.29, 1.82) is 0 Å². The number of hydrogen-bond acceptors (Lipinski definition) is 2. The summed E-state index contributed by atoms with van der Waals surface area (Å²) in [5.74, 6) is 5.52. The molecular formula is C12H16N2. The molecule has 0 saturated heterocycles. The summed E-state index contributed by atoms with van der Waals surface area (Å²) in [4.78, 5) is 0. The first-order valence-corrected chi connectivity index (χ1v) is 5.23. The Balaban J connectivity index is 1.87. The van der Waals surface area contributed by atoms with E-state index < -0.39 is 0 Å². The van der Waals surface area contributed by atoms with Crippen LogP contribution in [0.15, 0.2) is 24.3 Å². The van der Waals surface area contributed by atoms with Gasteiger partial charge >= 0.3 is 0 Å². The monoisotopic (exact) mass is 188 g/mol. The molecule has 0 unspecified atom stereocenters. The van der Waals surface area contributed by atoms with Crippen molar-refractivity contribution in [2.24, 2.45) is 5.84 Å². The second-order valence-electron chi connectivity index (χ2n) is 5.10. The van der Waals surface area contributed by atoms with Gasteiger partial charge in [0.2, 0.25) is 0 Å². The maximum Gasteiger partial charge on any atom is 0.0346 e. The van der Waals surface area contributed by atoms with E-state index in [9.17, 15) is 0 Å². The lowest BCUT2D eigenvalue weighted by atomic mass is 9.37. The molecule has 3 aliphatic rings. The molecule has 0 radical (unpaired) electrons. The Kier molecular flexibility index (Phi) is 1.44. The van der Waals surface area contributed by atoms with Gasteiger partial charge in [-0.05, 0) is 31.7 Å². The normalized spacial score (nSPS) is 38.7. The Morgan fingerprint density at radius 2 is 2.00 bits per heavy atom. The summed E-state index contributed by atoms with van der Waals surface area (Å²) in [5, 5.41) is 0. The second kappa shape index (κ2) is 2.38. The van der Waals surface area contributed by atoms with E-state index in [4.69, 9.17) is 5.84 Å². The minimum atomic E-state index is 0.295. The van der Waals surface area contributed by atoms with Crippen LogP contribution in [-0.4, -0.2) is 5.54 Å². The van der Waals surface area contributed by atoms with Crippen molar-refractivity contribution >= 4 is 0 Å². The van der Waals surface area contributed by atoms with Crippen LogP contribution in [0, 0.1) is 6.92 Å². The summed E-state index contributed by atoms with van der Waals surface area (Å²) < 4.78 is 0. The molecule has 1 aromatic rings. The van der Waals surface area contributed by atoms with Crippen LogP contribution in [0.5, 0.6) is 0 Å². The lowest BCUT2D eigenvalue weighted by Crippen LogP contribution is -2.77. The summed E-state index contributed by atoms with van der Waals surface area (Å²) in [6, 6.07) is 8.89. The summed E-state index contributed by atoms with van der Waals surface area (Å²) in [6.07, 6.45) is 3.67. The highest BCUT2D eigenvalue weighted by atomic mass is 15.3. The topological polar surface area (TPSA) is 38.0 Å². The van der Waals surface area contributed by atoms with Crippen molar-refractivity contribution in [3.8, 4) is 0 Å². The first-order valence-electron chi connectivity index (χ1n) is 5.23. The van der Waals surface area contributed by atoms with Gasteiger partial charge in [0.25, 0.3) is 0 Å². The van der Waals surface area contributed by atoms with Crippen LogP contribution in [0.1, 0.15) is 30.4 Å². The molecule has 0 aromatic heterocycles. The molecule has 3 N–H and O–H groups in total. The van der Waals surface area contributed by atoms with E-state index in [1.54, 1.807) is 0 Å². The third kappa shape index (κ3) is 0.877. The Labute approximate surface area is 84.5 Å². The average molecular weight is 188 g/mol. The second-order valence-corrected chi connectivity index (χ2v) is 5.10. The molecule has 0 heterocycles. The summed E-state index contributed by atoms with van der Waals surface area (Å²) >= 11 is 0. The third-order valence-corrected chi connectivity index (χ3v) is 3.97. The van der Waals surface area contributed by atoms with Gasteiger partial charge in [0.05, 0.1) is 0 Å². The predicted molar refractivity (Wildman–Crippen MR) is 56.8 cm³/mol. The maximum absolute atomic E-state index is 5.52. The highest BCUT2D eigenvalue weighted by Crippen LogP contribution is 2.67. The number of rotatable bonds is 2. The molecule has 0 amide bonds. The average Bonchev–Trinajstić information content (AvgIpc) is 2.00. The third-order valence-electron chi connectivity index (χ3n) is 3.97. The fourth-order valence-corrected chi connectivity index (χ4v) is 3.22. The van der Waals surface area contributed by atoms with Gasteiger partial charge in [-0.3, -0.25) is 11.3 Å². The van der Waals surface area contributed by atoms with E-state index >= 15 is 0 Å². The van der Waals surface area contributed by atoms with Crippen molar-refractivity contribution in [2.45, 2.75) is 37.1 Å². The zero-order valence-corrected chi connectivity index (χ0v) is 8.51. The Morgan fingerprint density at radius 3 is 2.57 bits per heavy atom. The molecule has 4 rings (SSSR count). The van der Waals surface area contributed by atoms with Crippen LogP contribution >= 0.6 is 0 Å². The fourth-order valence-electron chi connectivity index (χ4n) is 3.22. The molecule has 3 saturated carbocycles. The summed E-state index contributed by atoms with van der Waals surface area (Å²) in [7, 11) is 0. The number of benzene rings is 1. The van der Waals surface area contributed by atoms with Crippen molar-refractivity contribution in [2.75, 3.05) is 0 Å². The maximum atomic E-state index is 5.52. The van der Waals surface area contributed by atoms with E-state index in [0.717, 1.165) is 0 Å².